The highest BCUT2D eigenvalue weighted by Gasteiger charge is 2.31. The minimum absolute atomic E-state index is 0.144. The van der Waals surface area contributed by atoms with Crippen LogP contribution in [0.3, 0.4) is 0 Å². The maximum atomic E-state index is 11.2. The van der Waals surface area contributed by atoms with Gasteiger partial charge in [-0.1, -0.05) is 23.7 Å². The monoisotopic (exact) mass is 342 g/mol. The quantitative estimate of drug-likeness (QED) is 0.806. The minimum atomic E-state index is 0.144. The maximum Gasteiger partial charge on any atom is 0.0874 e. The van der Waals surface area contributed by atoms with Crippen LogP contribution in [-0.4, -0.2) is 36.0 Å². The molecule has 6 heteroatoms. The third-order valence-electron chi connectivity index (χ3n) is 4.83. The largest absolute Gasteiger partial charge is 0.792 e. The fourth-order valence-electron chi connectivity index (χ4n) is 3.67. The van der Waals surface area contributed by atoms with Gasteiger partial charge in [0.2, 0.25) is 0 Å². The van der Waals surface area contributed by atoms with E-state index in [1.165, 1.54) is 5.56 Å². The van der Waals surface area contributed by atoms with Crippen LogP contribution in [0.4, 0.5) is 5.69 Å². The van der Waals surface area contributed by atoms with Gasteiger partial charge in [-0.3, -0.25) is 10.3 Å². The van der Waals surface area contributed by atoms with Crippen LogP contribution < -0.4 is 5.06 Å². The molecule has 0 saturated heterocycles. The van der Waals surface area contributed by atoms with Crippen LogP contribution >= 0.6 is 11.6 Å². The Morgan fingerprint density at radius 3 is 2.62 bits per heavy atom. The lowest BCUT2D eigenvalue weighted by molar-refractivity contribution is 0.273. The van der Waals surface area contributed by atoms with E-state index in [4.69, 9.17) is 11.6 Å². The average molecular weight is 343 g/mol. The van der Waals surface area contributed by atoms with Crippen LogP contribution in [0, 0.1) is 5.21 Å². The average Bonchev–Trinajstić information content (AvgIpc) is 2.91. The van der Waals surface area contributed by atoms with E-state index in [-0.39, 0.29) is 6.54 Å². The van der Waals surface area contributed by atoms with Gasteiger partial charge in [-0.05, 0) is 53.9 Å². The second-order valence-electron chi connectivity index (χ2n) is 6.37. The van der Waals surface area contributed by atoms with Gasteiger partial charge < -0.3 is 15.3 Å². The van der Waals surface area contributed by atoms with E-state index in [1.54, 1.807) is 0 Å². The SMILES string of the molecule is CN1CCc2c(c(-c3ccc(Cl)cc3)cc3c2C(=N[O-])CN3O)C1. The van der Waals surface area contributed by atoms with E-state index in [0.717, 1.165) is 46.8 Å². The van der Waals surface area contributed by atoms with Gasteiger partial charge in [0.25, 0.3) is 0 Å². The Morgan fingerprint density at radius 2 is 1.92 bits per heavy atom. The van der Waals surface area contributed by atoms with E-state index < -0.39 is 0 Å². The van der Waals surface area contributed by atoms with Gasteiger partial charge in [0.1, 0.15) is 0 Å². The Hall–Kier alpha value is -2.08. The van der Waals surface area contributed by atoms with Crippen molar-refractivity contribution in [2.24, 2.45) is 5.16 Å². The summed E-state index contributed by atoms with van der Waals surface area (Å²) in [6, 6.07) is 9.65. The molecule has 2 aliphatic rings. The van der Waals surface area contributed by atoms with Crippen LogP contribution in [-0.2, 0) is 13.0 Å². The predicted octanol–water partition coefficient (Wildman–Crippen LogP) is 3.49. The number of hydrogen-bond donors (Lipinski definition) is 1. The van der Waals surface area contributed by atoms with Gasteiger partial charge in [-0.2, -0.15) is 0 Å². The summed E-state index contributed by atoms with van der Waals surface area (Å²) < 4.78 is 0. The fourth-order valence-corrected chi connectivity index (χ4v) is 3.79. The maximum absolute atomic E-state index is 11.2. The zero-order valence-corrected chi connectivity index (χ0v) is 14.0. The first kappa shape index (κ1) is 15.4. The van der Waals surface area contributed by atoms with Crippen molar-refractivity contribution >= 4 is 23.0 Å². The summed E-state index contributed by atoms with van der Waals surface area (Å²) >= 11 is 6.01. The Bertz CT molecular complexity index is 833. The van der Waals surface area contributed by atoms with Crippen LogP contribution in [0.25, 0.3) is 11.1 Å². The molecule has 5 nitrogen and oxygen atoms in total. The third-order valence-corrected chi connectivity index (χ3v) is 5.08. The van der Waals surface area contributed by atoms with Crippen molar-refractivity contribution in [2.45, 2.75) is 13.0 Å². The van der Waals surface area contributed by atoms with Gasteiger partial charge in [0, 0.05) is 23.7 Å². The molecule has 24 heavy (non-hydrogen) atoms. The van der Waals surface area contributed by atoms with Crippen LogP contribution in [0.15, 0.2) is 35.5 Å². The molecule has 0 spiro atoms. The standard InChI is InChI=1S/C18H18ClN3O2/c1-21-7-6-13-15(9-21)14(11-2-4-12(19)5-3-11)8-17-18(13)16(20-23)10-22(17)24/h2-5,8,23-24H,6-7,9-10H2,1H3/p-1. The second kappa shape index (κ2) is 5.77. The molecule has 2 aliphatic heterocycles. The lowest BCUT2D eigenvalue weighted by Crippen LogP contribution is -2.28. The minimum Gasteiger partial charge on any atom is -0.792 e. The van der Waals surface area contributed by atoms with E-state index in [2.05, 4.69) is 17.1 Å². The zero-order valence-electron chi connectivity index (χ0n) is 13.3. The summed E-state index contributed by atoms with van der Waals surface area (Å²) in [4.78, 5) is 2.26. The van der Waals surface area contributed by atoms with Crippen molar-refractivity contribution in [1.29, 1.82) is 0 Å². The van der Waals surface area contributed by atoms with Crippen molar-refractivity contribution in [3.8, 4) is 11.1 Å². The predicted molar refractivity (Wildman–Crippen MR) is 96.0 cm³/mol. The number of nitrogens with zero attached hydrogens (tertiary/aromatic N) is 3. The van der Waals surface area contributed by atoms with E-state index in [9.17, 15) is 10.4 Å². The third kappa shape index (κ3) is 2.36. The second-order valence-corrected chi connectivity index (χ2v) is 6.80. The number of hydroxylamine groups is 1. The van der Waals surface area contributed by atoms with E-state index in [0.29, 0.717) is 16.4 Å². The number of fused-ring (bicyclic) bond motifs is 3. The van der Waals surface area contributed by atoms with Crippen molar-refractivity contribution in [3.63, 3.8) is 0 Å². The molecule has 0 amide bonds. The first-order chi connectivity index (χ1) is 11.6. The summed E-state index contributed by atoms with van der Waals surface area (Å²) in [5.74, 6) is 0. The number of likely N-dealkylation sites (N-methyl/N-ethyl adjacent to an activating group) is 1. The van der Waals surface area contributed by atoms with Crippen molar-refractivity contribution in [3.05, 3.63) is 57.3 Å². The topological polar surface area (TPSA) is 62.1 Å². The normalized spacial score (nSPS) is 18.8. The molecule has 0 radical (unpaired) electrons. The molecule has 0 atom stereocenters. The first-order valence-corrected chi connectivity index (χ1v) is 8.25. The van der Waals surface area contributed by atoms with Crippen molar-refractivity contribution in [2.75, 3.05) is 25.2 Å². The molecule has 0 bridgehead atoms. The molecule has 0 saturated carbocycles. The molecule has 2 heterocycles. The molecule has 0 aliphatic carbocycles. The molecule has 0 unspecified atom stereocenters. The molecule has 1 N–H and O–H groups in total. The molecule has 124 valence electrons. The number of benzene rings is 2. The van der Waals surface area contributed by atoms with Crippen LogP contribution in [0.1, 0.15) is 16.7 Å². The molecule has 2 aromatic carbocycles. The Kier molecular flexibility index (Phi) is 3.72. The van der Waals surface area contributed by atoms with Gasteiger partial charge in [-0.15, -0.1) is 0 Å². The Morgan fingerprint density at radius 1 is 1.17 bits per heavy atom. The van der Waals surface area contributed by atoms with Crippen molar-refractivity contribution in [1.82, 2.24) is 4.90 Å². The molecule has 0 aromatic heterocycles. The lowest BCUT2D eigenvalue weighted by Gasteiger charge is -2.29. The summed E-state index contributed by atoms with van der Waals surface area (Å²) in [6.45, 7) is 1.87. The van der Waals surface area contributed by atoms with Gasteiger partial charge >= 0.3 is 0 Å². The zero-order chi connectivity index (χ0) is 16.8. The van der Waals surface area contributed by atoms with E-state index >= 15 is 0 Å². The number of hydrogen-bond acceptors (Lipinski definition) is 5. The van der Waals surface area contributed by atoms with Gasteiger partial charge in [0.05, 0.1) is 17.9 Å². The van der Waals surface area contributed by atoms with E-state index in [1.807, 2.05) is 30.3 Å². The van der Waals surface area contributed by atoms with Gasteiger partial charge in [0.15, 0.2) is 0 Å². The lowest BCUT2D eigenvalue weighted by atomic mass is 9.86. The number of rotatable bonds is 1. The summed E-state index contributed by atoms with van der Waals surface area (Å²) in [5.41, 5.74) is 6.33. The summed E-state index contributed by atoms with van der Waals surface area (Å²) in [5, 5.41) is 26.4. The van der Waals surface area contributed by atoms with Crippen molar-refractivity contribution < 1.29 is 5.21 Å². The molecular weight excluding hydrogens is 326 g/mol. The number of anilines is 1. The highest BCUT2D eigenvalue weighted by Crippen LogP contribution is 2.41. The smallest absolute Gasteiger partial charge is 0.0874 e. The molecule has 4 rings (SSSR count). The van der Waals surface area contributed by atoms with Gasteiger partial charge in [-0.25, -0.2) is 0 Å². The summed E-state index contributed by atoms with van der Waals surface area (Å²) in [7, 11) is 2.09. The summed E-state index contributed by atoms with van der Waals surface area (Å²) in [6.07, 6.45) is 0.836. The highest BCUT2D eigenvalue weighted by molar-refractivity contribution is 6.30. The first-order valence-electron chi connectivity index (χ1n) is 7.87. The molecule has 2 aromatic rings. The molecular formula is C18H17ClN3O2-. The Labute approximate surface area is 145 Å². The Balaban J connectivity index is 1.98. The van der Waals surface area contributed by atoms with Crippen LogP contribution in [0.5, 0.6) is 0 Å². The number of halogens is 1. The van der Waals surface area contributed by atoms with Crippen LogP contribution in [0.2, 0.25) is 5.02 Å². The highest BCUT2D eigenvalue weighted by atomic mass is 35.5. The molecule has 0 fully saturated rings. The fraction of sp³-hybridized carbons (Fsp3) is 0.278.